The second kappa shape index (κ2) is 12.6. The molecule has 0 radical (unpaired) electrons. The molecule has 3 rings (SSSR count). The van der Waals surface area contributed by atoms with Gasteiger partial charge in [0.25, 0.3) is 5.91 Å². The van der Waals surface area contributed by atoms with E-state index in [2.05, 4.69) is 20.6 Å². The first-order valence-corrected chi connectivity index (χ1v) is 12.9. The van der Waals surface area contributed by atoms with Crippen LogP contribution in [0.25, 0.3) is 11.0 Å². The summed E-state index contributed by atoms with van der Waals surface area (Å²) in [6, 6.07) is 7.62. The molecule has 0 saturated carbocycles. The van der Waals surface area contributed by atoms with Crippen LogP contribution in [0.4, 0.5) is 10.6 Å². The van der Waals surface area contributed by atoms with Crippen molar-refractivity contribution < 1.29 is 19.4 Å². The number of unbranched alkanes of at least 4 members (excludes halogenated alkanes) is 1. The van der Waals surface area contributed by atoms with Crippen molar-refractivity contribution in [3.05, 3.63) is 52.9 Å². The molecule has 3 aromatic rings. The summed E-state index contributed by atoms with van der Waals surface area (Å²) in [5, 5.41) is 16.8. The lowest BCUT2D eigenvalue weighted by molar-refractivity contribution is -0.125. The molecule has 3 atom stereocenters. The Labute approximate surface area is 226 Å². The van der Waals surface area contributed by atoms with Gasteiger partial charge in [-0.25, -0.2) is 14.8 Å². The van der Waals surface area contributed by atoms with Crippen LogP contribution in [0.5, 0.6) is 0 Å². The average Bonchev–Trinajstić information content (AvgIpc) is 3.22. The Morgan fingerprint density at radius 2 is 1.89 bits per heavy atom. The molecule has 2 aromatic heterocycles. The zero-order valence-electron chi connectivity index (χ0n) is 21.4. The number of carbonyl (C=O) groups is 2. The van der Waals surface area contributed by atoms with E-state index in [4.69, 9.17) is 27.9 Å². The molecule has 0 unspecified atom stereocenters. The van der Waals surface area contributed by atoms with Crippen LogP contribution in [0.2, 0.25) is 10.0 Å². The van der Waals surface area contributed by atoms with Crippen LogP contribution in [-0.4, -0.2) is 49.9 Å². The predicted molar refractivity (Wildman–Crippen MR) is 145 cm³/mol. The monoisotopic (exact) mass is 549 g/mol. The largest absolute Gasteiger partial charge is 0.444 e. The van der Waals surface area contributed by atoms with E-state index in [1.807, 2.05) is 32.3 Å². The molecule has 0 aliphatic heterocycles. The number of fused-ring (bicyclic) bond motifs is 1. The Kier molecular flexibility index (Phi) is 9.75. The van der Waals surface area contributed by atoms with Crippen molar-refractivity contribution in [2.45, 2.75) is 71.8 Å². The van der Waals surface area contributed by atoms with Gasteiger partial charge in [0.1, 0.15) is 11.9 Å². The summed E-state index contributed by atoms with van der Waals surface area (Å²) in [6.07, 6.45) is 2.32. The Morgan fingerprint density at radius 3 is 2.54 bits per heavy atom. The topological polar surface area (TPSA) is 118 Å². The summed E-state index contributed by atoms with van der Waals surface area (Å²) in [5.41, 5.74) is 1.00. The van der Waals surface area contributed by atoms with Gasteiger partial charge in [-0.05, 0) is 30.7 Å². The Balaban J connectivity index is 1.72. The van der Waals surface area contributed by atoms with Gasteiger partial charge in [0, 0.05) is 11.6 Å². The highest BCUT2D eigenvalue weighted by molar-refractivity contribution is 6.42. The summed E-state index contributed by atoms with van der Waals surface area (Å²) in [4.78, 5) is 34.1. The molecule has 11 heteroatoms. The molecule has 0 saturated heterocycles. The fourth-order valence-electron chi connectivity index (χ4n) is 3.73. The number of aliphatic hydroxyl groups excluding tert-OH is 1. The van der Waals surface area contributed by atoms with Crippen LogP contribution in [0.3, 0.4) is 0 Å². The van der Waals surface area contributed by atoms with Crippen molar-refractivity contribution in [1.29, 1.82) is 0 Å². The summed E-state index contributed by atoms with van der Waals surface area (Å²) in [7, 11) is 0. The van der Waals surface area contributed by atoms with E-state index in [0.717, 1.165) is 11.9 Å². The molecule has 0 fully saturated rings. The molecule has 0 bridgehead atoms. The second-order valence-corrected chi connectivity index (χ2v) is 10.8. The van der Waals surface area contributed by atoms with E-state index < -0.39 is 35.7 Å². The number of rotatable bonds is 10. The van der Waals surface area contributed by atoms with E-state index in [9.17, 15) is 14.7 Å². The third kappa shape index (κ3) is 7.80. The number of nitrogens with one attached hydrogen (secondary N) is 2. The van der Waals surface area contributed by atoms with Gasteiger partial charge in [0.05, 0.1) is 40.0 Å². The first-order chi connectivity index (χ1) is 17.5. The van der Waals surface area contributed by atoms with Gasteiger partial charge < -0.3 is 25.0 Å². The van der Waals surface area contributed by atoms with Crippen molar-refractivity contribution in [2.75, 3.05) is 5.32 Å². The van der Waals surface area contributed by atoms with E-state index in [1.54, 1.807) is 36.7 Å². The number of benzene rings is 1. The van der Waals surface area contributed by atoms with E-state index in [-0.39, 0.29) is 0 Å². The summed E-state index contributed by atoms with van der Waals surface area (Å²) in [5.74, 6) is -0.349. The SMILES string of the molecule is CCCC[C@H](NC(=O)O[C@H](Cn1cnc2cc(Cl)c(Cl)cc21)C(C)(C)C)[C@H](O)C(=O)Nc1ccccn1. The van der Waals surface area contributed by atoms with Crippen LogP contribution < -0.4 is 10.6 Å². The number of hydrogen-bond acceptors (Lipinski definition) is 6. The van der Waals surface area contributed by atoms with Crippen molar-refractivity contribution in [1.82, 2.24) is 19.9 Å². The molecule has 200 valence electrons. The number of amides is 2. The number of aromatic nitrogens is 3. The van der Waals surface area contributed by atoms with Crippen molar-refractivity contribution >= 4 is 52.1 Å². The minimum Gasteiger partial charge on any atom is -0.444 e. The van der Waals surface area contributed by atoms with Crippen molar-refractivity contribution in [3.63, 3.8) is 0 Å². The Morgan fingerprint density at radius 1 is 1.16 bits per heavy atom. The fourth-order valence-corrected chi connectivity index (χ4v) is 4.05. The lowest BCUT2D eigenvalue weighted by Crippen LogP contribution is -2.50. The second-order valence-electron chi connectivity index (χ2n) is 9.95. The molecule has 3 N–H and O–H groups in total. The standard InChI is InChI=1S/C26H33Cl2N5O4/c1-5-6-9-18(23(34)24(35)32-22-10-7-8-11-29-22)31-25(36)37-21(26(2,3)4)14-33-15-30-19-12-16(27)17(28)13-20(19)33/h7-8,10-13,15,18,21,23,34H,5-6,9,14H2,1-4H3,(H,31,36)(H,29,32,35)/t18-,21+,23-/m0/s1. The van der Waals surface area contributed by atoms with Gasteiger partial charge >= 0.3 is 6.09 Å². The van der Waals surface area contributed by atoms with Crippen LogP contribution in [0.15, 0.2) is 42.9 Å². The molecule has 9 nitrogen and oxygen atoms in total. The molecule has 2 amide bonds. The maximum absolute atomic E-state index is 13.0. The number of pyridine rings is 1. The minimum absolute atomic E-state index is 0.310. The number of aliphatic hydroxyl groups is 1. The third-order valence-corrected chi connectivity index (χ3v) is 6.70. The number of anilines is 1. The number of carbonyl (C=O) groups excluding carboxylic acids is 2. The van der Waals surface area contributed by atoms with Gasteiger partial charge in [-0.15, -0.1) is 0 Å². The minimum atomic E-state index is -1.49. The number of halogens is 2. The number of nitrogens with zero attached hydrogens (tertiary/aromatic N) is 3. The lowest BCUT2D eigenvalue weighted by atomic mass is 9.89. The lowest BCUT2D eigenvalue weighted by Gasteiger charge is -2.32. The van der Waals surface area contributed by atoms with Crippen LogP contribution in [0, 0.1) is 5.41 Å². The van der Waals surface area contributed by atoms with E-state index in [0.29, 0.717) is 40.8 Å². The normalized spacial score (nSPS) is 14.1. The summed E-state index contributed by atoms with van der Waals surface area (Å²) >= 11 is 12.3. The maximum Gasteiger partial charge on any atom is 0.407 e. The quantitative estimate of drug-likeness (QED) is 0.310. The van der Waals surface area contributed by atoms with Crippen molar-refractivity contribution in [2.24, 2.45) is 5.41 Å². The Bertz CT molecular complexity index is 1210. The zero-order valence-corrected chi connectivity index (χ0v) is 22.9. The summed E-state index contributed by atoms with van der Waals surface area (Å²) in [6.45, 7) is 8.17. The number of ether oxygens (including phenoxy) is 1. The summed E-state index contributed by atoms with van der Waals surface area (Å²) < 4.78 is 7.69. The van der Waals surface area contributed by atoms with Crippen LogP contribution >= 0.6 is 23.2 Å². The number of alkyl carbamates (subject to hydrolysis) is 1. The highest BCUT2D eigenvalue weighted by Crippen LogP contribution is 2.29. The molecule has 0 aliphatic rings. The van der Waals surface area contributed by atoms with Gasteiger partial charge in [-0.1, -0.05) is 69.8 Å². The third-order valence-electron chi connectivity index (χ3n) is 5.98. The van der Waals surface area contributed by atoms with Gasteiger partial charge in [-0.3, -0.25) is 4.79 Å². The van der Waals surface area contributed by atoms with Gasteiger partial charge in [0.2, 0.25) is 0 Å². The maximum atomic E-state index is 13.0. The molecule has 0 aliphatic carbocycles. The first-order valence-electron chi connectivity index (χ1n) is 12.2. The van der Waals surface area contributed by atoms with Gasteiger partial charge in [0.15, 0.2) is 6.10 Å². The predicted octanol–water partition coefficient (Wildman–Crippen LogP) is 5.44. The Hall–Kier alpha value is -2.88. The van der Waals surface area contributed by atoms with Crippen LogP contribution in [-0.2, 0) is 16.1 Å². The van der Waals surface area contributed by atoms with Gasteiger partial charge in [-0.2, -0.15) is 0 Å². The van der Waals surface area contributed by atoms with E-state index in [1.165, 1.54) is 6.20 Å². The smallest absolute Gasteiger partial charge is 0.407 e. The zero-order chi connectivity index (χ0) is 27.2. The molecule has 37 heavy (non-hydrogen) atoms. The molecular weight excluding hydrogens is 517 g/mol. The van der Waals surface area contributed by atoms with E-state index >= 15 is 0 Å². The molecular formula is C26H33Cl2N5O4. The van der Waals surface area contributed by atoms with Crippen molar-refractivity contribution in [3.8, 4) is 0 Å². The number of imidazole rings is 1. The molecule has 0 spiro atoms. The molecule has 2 heterocycles. The highest BCUT2D eigenvalue weighted by Gasteiger charge is 2.32. The number of hydrogen-bond donors (Lipinski definition) is 3. The highest BCUT2D eigenvalue weighted by atomic mass is 35.5. The fraction of sp³-hybridized carbons (Fsp3) is 0.462. The first kappa shape index (κ1) is 28.7. The van der Waals surface area contributed by atoms with Crippen LogP contribution in [0.1, 0.15) is 47.0 Å². The molecule has 1 aromatic carbocycles. The average molecular weight is 550 g/mol.